The predicted molar refractivity (Wildman–Crippen MR) is 143 cm³/mol. The van der Waals surface area contributed by atoms with E-state index in [9.17, 15) is 4.79 Å². The van der Waals surface area contributed by atoms with E-state index in [1.807, 2.05) is 30.3 Å². The number of amides is 1. The summed E-state index contributed by atoms with van der Waals surface area (Å²) in [7, 11) is 4.58. The molecular weight excluding hydrogens is 470 g/mol. The second-order valence-electron chi connectivity index (χ2n) is 8.81. The summed E-state index contributed by atoms with van der Waals surface area (Å²) in [6, 6.07) is 12.7. The fourth-order valence-corrected chi connectivity index (χ4v) is 3.76. The van der Waals surface area contributed by atoms with Gasteiger partial charge < -0.3 is 19.5 Å². The maximum atomic E-state index is 13.7. The third-order valence-electron chi connectivity index (χ3n) is 5.78. The van der Waals surface area contributed by atoms with Crippen molar-refractivity contribution in [1.82, 2.24) is 20.2 Å². The van der Waals surface area contributed by atoms with Crippen LogP contribution in [0.15, 0.2) is 65.8 Å². The Morgan fingerprint density at radius 3 is 2.27 bits per heavy atom. The fourth-order valence-electron chi connectivity index (χ4n) is 3.76. The Morgan fingerprint density at radius 2 is 1.68 bits per heavy atom. The number of rotatable bonds is 12. The van der Waals surface area contributed by atoms with Crippen LogP contribution in [-0.2, 0) is 11.3 Å². The van der Waals surface area contributed by atoms with Gasteiger partial charge in [-0.25, -0.2) is 0 Å². The normalized spacial score (nSPS) is 12.0. The smallest absolute Gasteiger partial charge is 0.240 e. The summed E-state index contributed by atoms with van der Waals surface area (Å²) in [5.41, 5.74) is 3.68. The minimum Gasteiger partial charge on any atom is -0.496 e. The van der Waals surface area contributed by atoms with Crippen LogP contribution in [0.2, 0.25) is 0 Å². The first kappa shape index (κ1) is 27.4. The third-order valence-corrected chi connectivity index (χ3v) is 5.78. The van der Waals surface area contributed by atoms with E-state index in [1.165, 1.54) is 30.2 Å². The number of carbonyl (C=O) groups is 1. The molecule has 0 aliphatic heterocycles. The molecule has 0 aliphatic carbocycles. The van der Waals surface area contributed by atoms with E-state index in [2.05, 4.69) is 53.7 Å². The highest BCUT2D eigenvalue weighted by atomic mass is 16.5. The Kier molecular flexibility index (Phi) is 9.83. The van der Waals surface area contributed by atoms with Gasteiger partial charge >= 0.3 is 0 Å². The van der Waals surface area contributed by atoms with Gasteiger partial charge in [-0.1, -0.05) is 53.6 Å². The summed E-state index contributed by atoms with van der Waals surface area (Å²) in [5, 5.41) is 15.9. The van der Waals surface area contributed by atoms with Gasteiger partial charge in [0.05, 0.1) is 27.9 Å². The summed E-state index contributed by atoms with van der Waals surface area (Å²) in [5.74, 6) is 0.504. The minimum atomic E-state index is -0.797. The average Bonchev–Trinajstić information content (AvgIpc) is 3.36. The molecule has 0 spiro atoms. The number of aromatic nitrogens is 4. The number of nitrogens with zero attached hydrogens (tertiary/aromatic N) is 4. The molecule has 0 aliphatic rings. The molecule has 0 saturated heterocycles. The van der Waals surface area contributed by atoms with Crippen molar-refractivity contribution in [1.29, 1.82) is 0 Å². The Hall–Kier alpha value is -4.14. The van der Waals surface area contributed by atoms with Gasteiger partial charge in [0, 0.05) is 12.1 Å². The Morgan fingerprint density at radius 1 is 1.00 bits per heavy atom. The molecule has 3 aromatic rings. The SMILES string of the molecule is COc1cc(OC)c(NC(=O)C(c2ccccc2)c2nnn(CC=C(C)CCC=C(C)C)n2)c(OC)c1. The van der Waals surface area contributed by atoms with Crippen molar-refractivity contribution in [3.8, 4) is 17.2 Å². The van der Waals surface area contributed by atoms with Gasteiger partial charge in [0.1, 0.15) is 28.9 Å². The molecule has 1 N–H and O–H groups in total. The number of allylic oxidation sites excluding steroid dienone is 4. The predicted octanol–water partition coefficient (Wildman–Crippen LogP) is 5.16. The standard InChI is InChI=1S/C28H35N5O4/c1-19(2)11-10-12-20(3)15-16-33-31-27(30-32-33)25(21-13-8-7-9-14-21)28(34)29-26-23(36-5)17-22(35-4)18-24(26)37-6/h7-9,11,13-15,17-18,25H,10,12,16H2,1-6H3,(H,29,34). The van der Waals surface area contributed by atoms with Crippen LogP contribution < -0.4 is 19.5 Å². The minimum absolute atomic E-state index is 0.297. The largest absolute Gasteiger partial charge is 0.496 e. The Bertz CT molecular complexity index is 1220. The van der Waals surface area contributed by atoms with E-state index in [0.29, 0.717) is 35.3 Å². The summed E-state index contributed by atoms with van der Waals surface area (Å²) in [6.07, 6.45) is 6.26. The highest BCUT2D eigenvalue weighted by Gasteiger charge is 2.29. The highest BCUT2D eigenvalue weighted by molar-refractivity contribution is 6.00. The van der Waals surface area contributed by atoms with Crippen molar-refractivity contribution in [3.63, 3.8) is 0 Å². The Balaban J connectivity index is 1.87. The number of methoxy groups -OCH3 is 3. The van der Waals surface area contributed by atoms with Crippen molar-refractivity contribution in [3.05, 3.63) is 77.2 Å². The quantitative estimate of drug-likeness (QED) is 0.339. The number of anilines is 1. The van der Waals surface area contributed by atoms with E-state index in [1.54, 1.807) is 19.2 Å². The molecule has 0 radical (unpaired) electrons. The third kappa shape index (κ3) is 7.42. The van der Waals surface area contributed by atoms with Gasteiger partial charge in [0.15, 0.2) is 5.82 Å². The van der Waals surface area contributed by atoms with E-state index in [-0.39, 0.29) is 5.91 Å². The Labute approximate surface area is 218 Å². The molecule has 9 nitrogen and oxygen atoms in total. The summed E-state index contributed by atoms with van der Waals surface area (Å²) in [4.78, 5) is 15.2. The number of nitrogens with one attached hydrogen (secondary N) is 1. The van der Waals surface area contributed by atoms with Crippen molar-refractivity contribution in [2.45, 2.75) is 46.1 Å². The lowest BCUT2D eigenvalue weighted by molar-refractivity contribution is -0.116. The molecule has 0 bridgehead atoms. The van der Waals surface area contributed by atoms with Crippen molar-refractivity contribution >= 4 is 11.6 Å². The van der Waals surface area contributed by atoms with Crippen LogP contribution in [0.5, 0.6) is 17.2 Å². The number of tetrazole rings is 1. The molecule has 3 rings (SSSR count). The number of hydrogen-bond donors (Lipinski definition) is 1. The second kappa shape index (κ2) is 13.2. The molecular formula is C28H35N5O4. The van der Waals surface area contributed by atoms with Gasteiger partial charge in [-0.05, 0) is 44.4 Å². The molecule has 2 aromatic carbocycles. The molecule has 0 saturated carbocycles. The zero-order valence-corrected chi connectivity index (χ0v) is 22.3. The van der Waals surface area contributed by atoms with Gasteiger partial charge in [-0.3, -0.25) is 4.79 Å². The molecule has 1 aromatic heterocycles. The van der Waals surface area contributed by atoms with E-state index in [4.69, 9.17) is 14.2 Å². The summed E-state index contributed by atoms with van der Waals surface area (Å²) in [6.45, 7) is 6.75. The van der Waals surface area contributed by atoms with Crippen LogP contribution in [0.25, 0.3) is 0 Å². The van der Waals surface area contributed by atoms with E-state index >= 15 is 0 Å². The van der Waals surface area contributed by atoms with Gasteiger partial charge in [-0.15, -0.1) is 10.2 Å². The summed E-state index contributed by atoms with van der Waals surface area (Å²) >= 11 is 0. The zero-order chi connectivity index (χ0) is 26.8. The first-order chi connectivity index (χ1) is 17.9. The zero-order valence-electron chi connectivity index (χ0n) is 22.3. The monoisotopic (exact) mass is 505 g/mol. The molecule has 1 heterocycles. The fraction of sp³-hybridized carbons (Fsp3) is 0.357. The topological polar surface area (TPSA) is 100 Å². The number of carbonyl (C=O) groups excluding carboxylic acids is 1. The van der Waals surface area contributed by atoms with Gasteiger partial charge in [0.25, 0.3) is 0 Å². The van der Waals surface area contributed by atoms with Crippen LogP contribution in [-0.4, -0.2) is 47.4 Å². The van der Waals surface area contributed by atoms with E-state index in [0.717, 1.165) is 18.4 Å². The molecule has 1 amide bonds. The van der Waals surface area contributed by atoms with Gasteiger partial charge in [-0.2, -0.15) is 4.80 Å². The van der Waals surface area contributed by atoms with Crippen molar-refractivity contribution < 1.29 is 19.0 Å². The molecule has 196 valence electrons. The summed E-state index contributed by atoms with van der Waals surface area (Å²) < 4.78 is 16.3. The number of hydrogen-bond acceptors (Lipinski definition) is 7. The lowest BCUT2D eigenvalue weighted by atomic mass is 9.97. The maximum Gasteiger partial charge on any atom is 0.240 e. The van der Waals surface area contributed by atoms with Crippen molar-refractivity contribution in [2.75, 3.05) is 26.6 Å². The molecule has 1 unspecified atom stereocenters. The van der Waals surface area contributed by atoms with Crippen LogP contribution in [0.1, 0.15) is 50.9 Å². The second-order valence-corrected chi connectivity index (χ2v) is 8.81. The lowest BCUT2D eigenvalue weighted by Gasteiger charge is -2.18. The van der Waals surface area contributed by atoms with Crippen LogP contribution in [0.3, 0.4) is 0 Å². The van der Waals surface area contributed by atoms with E-state index < -0.39 is 5.92 Å². The van der Waals surface area contributed by atoms with Crippen molar-refractivity contribution in [2.24, 2.45) is 0 Å². The van der Waals surface area contributed by atoms with Crippen LogP contribution >= 0.6 is 0 Å². The molecule has 9 heteroatoms. The van der Waals surface area contributed by atoms with Crippen LogP contribution in [0, 0.1) is 0 Å². The van der Waals surface area contributed by atoms with Gasteiger partial charge in [0.2, 0.25) is 5.91 Å². The number of benzene rings is 2. The molecule has 0 fully saturated rings. The lowest BCUT2D eigenvalue weighted by Crippen LogP contribution is -2.24. The first-order valence-corrected chi connectivity index (χ1v) is 12.1. The maximum absolute atomic E-state index is 13.7. The first-order valence-electron chi connectivity index (χ1n) is 12.1. The average molecular weight is 506 g/mol. The highest BCUT2D eigenvalue weighted by Crippen LogP contribution is 2.39. The number of ether oxygens (including phenoxy) is 3. The van der Waals surface area contributed by atoms with Crippen LogP contribution in [0.4, 0.5) is 5.69 Å². The molecule has 37 heavy (non-hydrogen) atoms. The molecule has 1 atom stereocenters.